The van der Waals surface area contributed by atoms with Crippen LogP contribution in [0.2, 0.25) is 5.02 Å². The molecule has 2 nitrogen and oxygen atoms in total. The smallest absolute Gasteiger partial charge is 0.305 e. The van der Waals surface area contributed by atoms with Gasteiger partial charge in [-0.15, -0.1) is 0 Å². The van der Waals surface area contributed by atoms with Gasteiger partial charge in [0.2, 0.25) is 0 Å². The predicted octanol–water partition coefficient (Wildman–Crippen LogP) is 2.75. The summed E-state index contributed by atoms with van der Waals surface area (Å²) in [6.07, 6.45) is 1.12. The van der Waals surface area contributed by atoms with Gasteiger partial charge in [0.25, 0.3) is 0 Å². The largest absolute Gasteiger partial charge is 0.469 e. The van der Waals surface area contributed by atoms with E-state index >= 15 is 0 Å². The minimum absolute atomic E-state index is 0.181. The zero-order chi connectivity index (χ0) is 10.6. The summed E-state index contributed by atoms with van der Waals surface area (Å²) in [6, 6.07) is 5.68. The van der Waals surface area contributed by atoms with E-state index in [9.17, 15) is 4.79 Å². The van der Waals surface area contributed by atoms with Gasteiger partial charge in [-0.2, -0.15) is 0 Å². The van der Waals surface area contributed by atoms with Gasteiger partial charge in [0.15, 0.2) is 0 Å². The van der Waals surface area contributed by atoms with E-state index in [0.29, 0.717) is 12.8 Å². The lowest BCUT2D eigenvalue weighted by Crippen LogP contribution is -2.02. The molecule has 0 heterocycles. The summed E-state index contributed by atoms with van der Waals surface area (Å²) in [5, 5.41) is 0.726. The molecule has 0 aromatic heterocycles. The molecule has 1 rings (SSSR count). The SMILES string of the molecule is COC(=O)CCc1ccc(Cl)cc1C. The molecule has 0 spiro atoms. The molecule has 1 aromatic rings. The molecule has 14 heavy (non-hydrogen) atoms. The Bertz CT molecular complexity index is 334. The quantitative estimate of drug-likeness (QED) is 0.721. The molecule has 0 saturated heterocycles. The van der Waals surface area contributed by atoms with Crippen LogP contribution in [0.25, 0.3) is 0 Å². The van der Waals surface area contributed by atoms with Gasteiger partial charge in [-0.25, -0.2) is 0 Å². The Hall–Kier alpha value is -1.02. The van der Waals surface area contributed by atoms with E-state index in [4.69, 9.17) is 11.6 Å². The van der Waals surface area contributed by atoms with Crippen molar-refractivity contribution in [3.63, 3.8) is 0 Å². The number of aryl methyl sites for hydroxylation is 2. The van der Waals surface area contributed by atoms with Crippen LogP contribution < -0.4 is 0 Å². The molecule has 0 aliphatic carbocycles. The maximum atomic E-state index is 10.9. The summed E-state index contributed by atoms with van der Waals surface area (Å²) in [7, 11) is 1.40. The average Bonchev–Trinajstić information content (AvgIpc) is 2.16. The number of carbonyl (C=O) groups is 1. The van der Waals surface area contributed by atoms with Gasteiger partial charge < -0.3 is 4.74 Å². The van der Waals surface area contributed by atoms with E-state index < -0.39 is 0 Å². The second-order valence-corrected chi connectivity index (χ2v) is 3.58. The number of esters is 1. The van der Waals surface area contributed by atoms with Gasteiger partial charge in [-0.1, -0.05) is 17.7 Å². The Kier molecular flexibility index (Phi) is 3.96. The molecule has 0 aliphatic rings. The highest BCUT2D eigenvalue weighted by Gasteiger charge is 2.03. The molecule has 0 N–H and O–H groups in total. The van der Waals surface area contributed by atoms with Gasteiger partial charge in [0.05, 0.1) is 7.11 Å². The molecule has 3 heteroatoms. The fourth-order valence-electron chi connectivity index (χ4n) is 1.28. The van der Waals surface area contributed by atoms with Crippen LogP contribution in [-0.4, -0.2) is 13.1 Å². The monoisotopic (exact) mass is 212 g/mol. The van der Waals surface area contributed by atoms with Crippen LogP contribution in [0.5, 0.6) is 0 Å². The van der Waals surface area contributed by atoms with Crippen LogP contribution in [0.3, 0.4) is 0 Å². The lowest BCUT2D eigenvalue weighted by molar-refractivity contribution is -0.140. The van der Waals surface area contributed by atoms with Gasteiger partial charge in [-0.05, 0) is 36.6 Å². The standard InChI is InChI=1S/C11H13ClO2/c1-8-7-10(12)5-3-9(8)4-6-11(13)14-2/h3,5,7H,4,6H2,1-2H3. The molecule has 0 saturated carbocycles. The first-order valence-electron chi connectivity index (χ1n) is 4.45. The molecule has 76 valence electrons. The highest BCUT2D eigenvalue weighted by Crippen LogP contribution is 2.16. The average molecular weight is 213 g/mol. The summed E-state index contributed by atoms with van der Waals surface area (Å²) < 4.78 is 4.57. The van der Waals surface area contributed by atoms with Crippen molar-refractivity contribution >= 4 is 17.6 Å². The molecule has 0 radical (unpaired) electrons. The highest BCUT2D eigenvalue weighted by molar-refractivity contribution is 6.30. The number of hydrogen-bond acceptors (Lipinski definition) is 2. The minimum Gasteiger partial charge on any atom is -0.469 e. The van der Waals surface area contributed by atoms with Crippen molar-refractivity contribution in [2.75, 3.05) is 7.11 Å². The molecular weight excluding hydrogens is 200 g/mol. The van der Waals surface area contributed by atoms with E-state index in [-0.39, 0.29) is 5.97 Å². The predicted molar refractivity (Wildman–Crippen MR) is 56.5 cm³/mol. The normalized spacial score (nSPS) is 9.93. The summed E-state index contributed by atoms with van der Waals surface area (Å²) in [6.45, 7) is 1.98. The fourth-order valence-corrected chi connectivity index (χ4v) is 1.51. The number of halogens is 1. The first kappa shape index (κ1) is 11.1. The van der Waals surface area contributed by atoms with E-state index in [0.717, 1.165) is 16.1 Å². The molecule has 1 aromatic carbocycles. The van der Waals surface area contributed by atoms with Crippen molar-refractivity contribution in [2.45, 2.75) is 19.8 Å². The third-order valence-electron chi connectivity index (χ3n) is 2.13. The van der Waals surface area contributed by atoms with Crippen LogP contribution in [0, 0.1) is 6.92 Å². The van der Waals surface area contributed by atoms with Crippen molar-refractivity contribution in [2.24, 2.45) is 0 Å². The number of carbonyl (C=O) groups excluding carboxylic acids is 1. The Morgan fingerprint density at radius 1 is 1.50 bits per heavy atom. The molecule has 0 fully saturated rings. The first-order chi connectivity index (χ1) is 6.63. The van der Waals surface area contributed by atoms with Crippen molar-refractivity contribution in [3.8, 4) is 0 Å². The van der Waals surface area contributed by atoms with Crippen LogP contribution in [0.4, 0.5) is 0 Å². The summed E-state index contributed by atoms with van der Waals surface area (Å²) >= 11 is 5.82. The maximum absolute atomic E-state index is 10.9. The molecule has 0 atom stereocenters. The van der Waals surface area contributed by atoms with Crippen LogP contribution in [-0.2, 0) is 16.0 Å². The number of ether oxygens (including phenoxy) is 1. The number of methoxy groups -OCH3 is 1. The Morgan fingerprint density at radius 2 is 2.21 bits per heavy atom. The van der Waals surface area contributed by atoms with Crippen LogP contribution in [0.1, 0.15) is 17.5 Å². The van der Waals surface area contributed by atoms with Crippen LogP contribution in [0.15, 0.2) is 18.2 Å². The summed E-state index contributed by atoms with van der Waals surface area (Å²) in [4.78, 5) is 10.9. The maximum Gasteiger partial charge on any atom is 0.305 e. The van der Waals surface area contributed by atoms with Crippen molar-refractivity contribution in [1.29, 1.82) is 0 Å². The lowest BCUT2D eigenvalue weighted by Gasteiger charge is -2.04. The molecule has 0 amide bonds. The van der Waals surface area contributed by atoms with E-state index in [1.807, 2.05) is 25.1 Å². The van der Waals surface area contributed by atoms with Crippen molar-refractivity contribution in [1.82, 2.24) is 0 Å². The van der Waals surface area contributed by atoms with Gasteiger partial charge >= 0.3 is 5.97 Å². The van der Waals surface area contributed by atoms with E-state index in [2.05, 4.69) is 4.74 Å². The third-order valence-corrected chi connectivity index (χ3v) is 2.37. The third kappa shape index (κ3) is 3.04. The Balaban J connectivity index is 2.63. The van der Waals surface area contributed by atoms with Gasteiger partial charge in [0.1, 0.15) is 0 Å². The van der Waals surface area contributed by atoms with E-state index in [1.165, 1.54) is 7.11 Å². The minimum atomic E-state index is -0.181. The second kappa shape index (κ2) is 5.01. The lowest BCUT2D eigenvalue weighted by atomic mass is 10.0. The molecule has 0 unspecified atom stereocenters. The Labute approximate surface area is 88.8 Å². The highest BCUT2D eigenvalue weighted by atomic mass is 35.5. The topological polar surface area (TPSA) is 26.3 Å². The number of hydrogen-bond donors (Lipinski definition) is 0. The molecule has 0 aliphatic heterocycles. The number of benzene rings is 1. The van der Waals surface area contributed by atoms with E-state index in [1.54, 1.807) is 0 Å². The molecule has 0 bridgehead atoms. The zero-order valence-corrected chi connectivity index (χ0v) is 9.10. The molecular formula is C11H13ClO2. The zero-order valence-electron chi connectivity index (χ0n) is 8.34. The number of rotatable bonds is 3. The first-order valence-corrected chi connectivity index (χ1v) is 4.83. The van der Waals surface area contributed by atoms with Gasteiger partial charge in [0, 0.05) is 11.4 Å². The van der Waals surface area contributed by atoms with Crippen molar-refractivity contribution in [3.05, 3.63) is 34.3 Å². The Morgan fingerprint density at radius 3 is 2.79 bits per heavy atom. The second-order valence-electron chi connectivity index (χ2n) is 3.15. The van der Waals surface area contributed by atoms with Crippen LogP contribution >= 0.6 is 11.6 Å². The summed E-state index contributed by atoms with van der Waals surface area (Å²) in [5.41, 5.74) is 2.25. The summed E-state index contributed by atoms with van der Waals surface area (Å²) in [5.74, 6) is -0.181. The van der Waals surface area contributed by atoms with Gasteiger partial charge in [-0.3, -0.25) is 4.79 Å². The fraction of sp³-hybridized carbons (Fsp3) is 0.364. The van der Waals surface area contributed by atoms with Crippen molar-refractivity contribution < 1.29 is 9.53 Å².